The van der Waals surface area contributed by atoms with Crippen molar-refractivity contribution in [1.82, 2.24) is 0 Å². The van der Waals surface area contributed by atoms with E-state index in [1.165, 1.54) is 103 Å². The Morgan fingerprint density at radius 2 is 0.821 bits per heavy atom. The van der Waals surface area contributed by atoms with Crippen LogP contribution in [-0.2, 0) is 0 Å². The molecule has 0 bridgehead atoms. The molecule has 0 aliphatic heterocycles. The largest absolute Gasteiger partial charge is 0.516 e. The van der Waals surface area contributed by atoms with Crippen LogP contribution in [-0.4, -0.2) is 10.2 Å². The van der Waals surface area contributed by atoms with Crippen LogP contribution in [0, 0.1) is 0 Å². The molecule has 0 aromatic heterocycles. The Hall–Kier alpha value is -1.18. The Labute approximate surface area is 176 Å². The third-order valence-electron chi connectivity index (χ3n) is 4.89. The topological polar surface area (TPSA) is 40.5 Å². The van der Waals surface area contributed by atoms with Crippen molar-refractivity contribution in [2.45, 2.75) is 129 Å². The minimum Gasteiger partial charge on any atom is -0.516 e. The number of allylic oxidation sites excluding steroid dienone is 4. The van der Waals surface area contributed by atoms with Crippen LogP contribution < -0.4 is 0 Å². The summed E-state index contributed by atoms with van der Waals surface area (Å²) in [7, 11) is 0. The highest BCUT2D eigenvalue weighted by atomic mass is 16.2. The highest BCUT2D eigenvalue weighted by Crippen LogP contribution is 2.11. The molecule has 0 spiro atoms. The van der Waals surface area contributed by atoms with E-state index in [9.17, 15) is 0 Å². The Bertz CT molecular complexity index is 331. The quantitative estimate of drug-likeness (QED) is 0.130. The van der Waals surface area contributed by atoms with Gasteiger partial charge in [0.05, 0.1) is 12.5 Å². The first kappa shape index (κ1) is 29.0. The molecule has 0 fully saturated rings. The van der Waals surface area contributed by atoms with Crippen LogP contribution in [0.25, 0.3) is 0 Å². The van der Waals surface area contributed by atoms with Gasteiger partial charge in [0, 0.05) is 0 Å². The van der Waals surface area contributed by atoms with Gasteiger partial charge in [0.2, 0.25) is 0 Å². The zero-order chi connectivity index (χ0) is 21.0. The summed E-state index contributed by atoms with van der Waals surface area (Å²) < 4.78 is 0. The summed E-state index contributed by atoms with van der Waals surface area (Å²) in [5.74, 6) is 0. The molecular weight excluding hydrogens is 344 g/mol. The average molecular weight is 395 g/mol. The Morgan fingerprint density at radius 1 is 0.429 bits per heavy atom. The Morgan fingerprint density at radius 3 is 1.21 bits per heavy atom. The monoisotopic (exact) mass is 394 g/mol. The molecule has 2 heteroatoms. The fraction of sp³-hybridized carbons (Fsp3) is 0.769. The first-order valence-electron chi connectivity index (χ1n) is 12.1. The van der Waals surface area contributed by atoms with Gasteiger partial charge >= 0.3 is 0 Å². The molecule has 0 radical (unpaired) electrons. The second kappa shape index (κ2) is 30.5. The fourth-order valence-electron chi connectivity index (χ4n) is 3.09. The highest BCUT2D eigenvalue weighted by Gasteiger charge is 1.91. The fourth-order valence-corrected chi connectivity index (χ4v) is 3.09. The minimum absolute atomic E-state index is 1.03. The lowest BCUT2D eigenvalue weighted by atomic mass is 10.1. The van der Waals surface area contributed by atoms with Gasteiger partial charge in [-0.2, -0.15) is 0 Å². The molecule has 0 unspecified atom stereocenters. The highest BCUT2D eigenvalue weighted by molar-refractivity contribution is 4.98. The molecule has 0 aliphatic rings. The molecule has 0 atom stereocenters. The Kier molecular flexibility index (Phi) is 31.7. The van der Waals surface area contributed by atoms with Crippen LogP contribution in [0.2, 0.25) is 0 Å². The van der Waals surface area contributed by atoms with Gasteiger partial charge < -0.3 is 10.2 Å². The van der Waals surface area contributed by atoms with Crippen LogP contribution in [0.1, 0.15) is 129 Å². The molecule has 0 saturated heterocycles. The maximum Gasteiger partial charge on any atom is 0.0791 e. The normalized spacial score (nSPS) is 11.5. The van der Waals surface area contributed by atoms with Crippen LogP contribution in [0.3, 0.4) is 0 Å². The van der Waals surface area contributed by atoms with E-state index >= 15 is 0 Å². The lowest BCUT2D eigenvalue weighted by Crippen LogP contribution is -1.81. The van der Waals surface area contributed by atoms with Gasteiger partial charge in [-0.15, -0.1) is 0 Å². The maximum absolute atomic E-state index is 8.43. The first-order chi connectivity index (χ1) is 13.8. The molecule has 0 saturated carbocycles. The summed E-state index contributed by atoms with van der Waals surface area (Å²) in [5, 5.41) is 16.8. The zero-order valence-corrected chi connectivity index (χ0v) is 19.1. The first-order valence-corrected chi connectivity index (χ1v) is 12.1. The number of hydrogen-bond acceptors (Lipinski definition) is 2. The molecule has 166 valence electrons. The predicted octanol–water partition coefficient (Wildman–Crippen LogP) is 9.73. The van der Waals surface area contributed by atoms with Gasteiger partial charge in [-0.05, 0) is 31.8 Å². The summed E-state index contributed by atoms with van der Waals surface area (Å²) in [6.45, 7) is 4.50. The van der Waals surface area contributed by atoms with Crippen LogP contribution in [0.4, 0.5) is 0 Å². The number of aliphatic hydroxyl groups is 2. The van der Waals surface area contributed by atoms with Gasteiger partial charge in [0.15, 0.2) is 0 Å². The molecule has 28 heavy (non-hydrogen) atoms. The molecule has 0 aliphatic carbocycles. The van der Waals surface area contributed by atoms with Crippen LogP contribution >= 0.6 is 0 Å². The van der Waals surface area contributed by atoms with Crippen LogP contribution in [0.15, 0.2) is 36.8 Å². The molecule has 0 heterocycles. The third-order valence-corrected chi connectivity index (χ3v) is 4.89. The molecule has 2 nitrogen and oxygen atoms in total. The number of unbranched alkanes of at least 4 members (excludes halogenated alkanes) is 16. The van der Waals surface area contributed by atoms with Crippen molar-refractivity contribution in [1.29, 1.82) is 0 Å². The molecular formula is C26H50O2. The molecule has 0 amide bonds. The summed E-state index contributed by atoms with van der Waals surface area (Å²) >= 11 is 0. The lowest BCUT2D eigenvalue weighted by Gasteiger charge is -2.00. The average Bonchev–Trinajstić information content (AvgIpc) is 2.71. The van der Waals surface area contributed by atoms with E-state index in [0.717, 1.165) is 25.4 Å². The van der Waals surface area contributed by atoms with Crippen molar-refractivity contribution in [2.75, 3.05) is 0 Å². The maximum atomic E-state index is 8.43. The van der Waals surface area contributed by atoms with Crippen molar-refractivity contribution in [3.05, 3.63) is 36.8 Å². The SMILES string of the molecule is CCCCCCCC/C=C/C=C\O.CCCCCCCCCCCC/C=C\O. The number of hydrogen-bond donors (Lipinski definition) is 2. The zero-order valence-electron chi connectivity index (χ0n) is 19.1. The second-order valence-corrected chi connectivity index (χ2v) is 7.68. The van der Waals surface area contributed by atoms with Crippen LogP contribution in [0.5, 0.6) is 0 Å². The van der Waals surface area contributed by atoms with E-state index < -0.39 is 0 Å². The van der Waals surface area contributed by atoms with E-state index in [0.29, 0.717) is 0 Å². The molecule has 2 N–H and O–H groups in total. The summed E-state index contributed by atoms with van der Waals surface area (Å²) in [5.41, 5.74) is 0. The Balaban J connectivity index is 0. The van der Waals surface area contributed by atoms with Crippen molar-refractivity contribution < 1.29 is 10.2 Å². The molecule has 0 aromatic carbocycles. The summed E-state index contributed by atoms with van der Waals surface area (Å²) in [4.78, 5) is 0. The minimum atomic E-state index is 1.03. The van der Waals surface area contributed by atoms with Gasteiger partial charge in [0.25, 0.3) is 0 Å². The summed E-state index contributed by atoms with van der Waals surface area (Å²) in [6, 6.07) is 0. The summed E-state index contributed by atoms with van der Waals surface area (Å²) in [6.07, 6.45) is 33.7. The van der Waals surface area contributed by atoms with Crippen molar-refractivity contribution >= 4 is 0 Å². The van der Waals surface area contributed by atoms with E-state index in [-0.39, 0.29) is 0 Å². The van der Waals surface area contributed by atoms with E-state index in [4.69, 9.17) is 10.2 Å². The van der Waals surface area contributed by atoms with Crippen molar-refractivity contribution in [2.24, 2.45) is 0 Å². The van der Waals surface area contributed by atoms with Gasteiger partial charge in [-0.1, -0.05) is 122 Å². The van der Waals surface area contributed by atoms with Gasteiger partial charge in [-0.25, -0.2) is 0 Å². The number of aliphatic hydroxyl groups excluding tert-OH is 2. The predicted molar refractivity (Wildman–Crippen MR) is 127 cm³/mol. The molecule has 0 aromatic rings. The van der Waals surface area contributed by atoms with Crippen molar-refractivity contribution in [3.8, 4) is 0 Å². The van der Waals surface area contributed by atoms with Gasteiger partial charge in [0.1, 0.15) is 0 Å². The standard InChI is InChI=1S/C14H28O.C12H22O/c1-2-3-4-5-6-7-8-9-10-11-12-13-14-15;1-2-3-4-5-6-7-8-9-10-11-12-13/h13-15H,2-12H2,1H3;9-13H,2-8H2,1H3/b14-13-;10-9+,12-11-. The van der Waals surface area contributed by atoms with E-state index in [2.05, 4.69) is 19.9 Å². The van der Waals surface area contributed by atoms with E-state index in [1.807, 2.05) is 12.2 Å². The van der Waals surface area contributed by atoms with E-state index in [1.54, 1.807) is 6.08 Å². The smallest absolute Gasteiger partial charge is 0.0791 e. The number of rotatable bonds is 19. The lowest BCUT2D eigenvalue weighted by molar-refractivity contribution is 0.469. The van der Waals surface area contributed by atoms with Gasteiger partial charge in [-0.3, -0.25) is 0 Å². The third kappa shape index (κ3) is 32.5. The second-order valence-electron chi connectivity index (χ2n) is 7.68. The van der Waals surface area contributed by atoms with Crippen molar-refractivity contribution in [3.63, 3.8) is 0 Å². The molecule has 0 rings (SSSR count).